The molecule has 0 aliphatic carbocycles. The van der Waals surface area contributed by atoms with Gasteiger partial charge in [0.15, 0.2) is 0 Å². The van der Waals surface area contributed by atoms with Gasteiger partial charge in [0, 0.05) is 24.2 Å². The van der Waals surface area contributed by atoms with Gasteiger partial charge in [-0.2, -0.15) is 0 Å². The molecule has 5 rings (SSSR count). The normalized spacial score (nSPS) is 11.8. The lowest BCUT2D eigenvalue weighted by molar-refractivity contribution is 0.0723. The lowest BCUT2D eigenvalue weighted by atomic mass is 10.1. The fourth-order valence-corrected chi connectivity index (χ4v) is 17.3. The van der Waals surface area contributed by atoms with Crippen LogP contribution in [0.2, 0.25) is 76.0 Å². The van der Waals surface area contributed by atoms with E-state index >= 15 is 0 Å². The quantitative estimate of drug-likeness (QED) is 0.0166. The van der Waals surface area contributed by atoms with Gasteiger partial charge in [-0.15, -0.1) is 0 Å². The van der Waals surface area contributed by atoms with E-state index in [9.17, 15) is 14.4 Å². The summed E-state index contributed by atoms with van der Waals surface area (Å²) in [6.45, 7) is 21.7. The number of unbranched alkanes of at least 4 members (excludes halogenated alkanes) is 17. The molecule has 0 N–H and O–H groups in total. The predicted molar refractivity (Wildman–Crippen MR) is 342 cm³/mol. The van der Waals surface area contributed by atoms with Gasteiger partial charge in [-0.3, -0.25) is 0 Å². The fourth-order valence-electron chi connectivity index (χ4n) is 10.3. The SMILES string of the molecule is CCCCCCCCCCCCOc1ccc(C(=O)Oc2ccc(C(=O)Oc3cccc(-c4ccc(OC(=O)c5ccc(OCCCCCCCCCCC[Si](C)(C)CCC[Si](C)(C)CCC[Si](C)(C)C)cc5)cc4)c3)cc2)cc1. The minimum absolute atomic E-state index is 0.305. The number of benzene rings is 5. The van der Waals surface area contributed by atoms with E-state index in [-0.39, 0.29) is 0 Å². The van der Waals surface area contributed by atoms with E-state index in [2.05, 4.69) is 52.8 Å². The molecule has 0 bridgehead atoms. The minimum Gasteiger partial charge on any atom is -0.494 e. The van der Waals surface area contributed by atoms with Gasteiger partial charge in [0.25, 0.3) is 0 Å². The van der Waals surface area contributed by atoms with Crippen LogP contribution in [0.3, 0.4) is 0 Å². The van der Waals surface area contributed by atoms with E-state index in [0.29, 0.717) is 47.2 Å². The predicted octanol–water partition coefficient (Wildman–Crippen LogP) is 20.7. The van der Waals surface area contributed by atoms with Gasteiger partial charge in [-0.1, -0.05) is 229 Å². The highest BCUT2D eigenvalue weighted by Crippen LogP contribution is 2.30. The number of carbonyl (C=O) groups is 3. The van der Waals surface area contributed by atoms with E-state index < -0.39 is 42.1 Å². The zero-order chi connectivity index (χ0) is 57.5. The molecule has 0 heterocycles. The van der Waals surface area contributed by atoms with Crippen LogP contribution in [0.25, 0.3) is 11.1 Å². The van der Waals surface area contributed by atoms with Crippen molar-refractivity contribution in [3.63, 3.8) is 0 Å². The Balaban J connectivity index is 0.907. The highest BCUT2D eigenvalue weighted by molar-refractivity contribution is 6.79. The molecule has 0 atom stereocenters. The monoisotopic (exact) mass is 1140 g/mol. The zero-order valence-electron chi connectivity index (χ0n) is 50.6. The van der Waals surface area contributed by atoms with Crippen molar-refractivity contribution in [1.82, 2.24) is 0 Å². The zero-order valence-corrected chi connectivity index (χ0v) is 53.6. The van der Waals surface area contributed by atoms with Crippen LogP contribution in [0.4, 0.5) is 0 Å². The molecular formula is C69H100O8Si3. The smallest absolute Gasteiger partial charge is 0.343 e. The van der Waals surface area contributed by atoms with Gasteiger partial charge in [-0.05, 0) is 121 Å². The molecule has 0 fully saturated rings. The second-order valence-corrected chi connectivity index (χ2v) is 41.5. The molecule has 0 saturated heterocycles. The largest absolute Gasteiger partial charge is 0.494 e. The summed E-state index contributed by atoms with van der Waals surface area (Å²) in [5, 5.41) is 0. The summed E-state index contributed by atoms with van der Waals surface area (Å²) in [4.78, 5) is 39.0. The number of hydrogen-bond acceptors (Lipinski definition) is 8. The van der Waals surface area contributed by atoms with Crippen molar-refractivity contribution in [3.8, 4) is 39.9 Å². The Labute approximate surface area is 486 Å². The molecule has 0 aliphatic heterocycles. The Hall–Kier alpha value is -5.24. The maximum absolute atomic E-state index is 13.1. The van der Waals surface area contributed by atoms with Crippen molar-refractivity contribution >= 4 is 42.1 Å². The highest BCUT2D eigenvalue weighted by atomic mass is 28.3. The molecule has 80 heavy (non-hydrogen) atoms. The first-order chi connectivity index (χ1) is 38.5. The summed E-state index contributed by atoms with van der Waals surface area (Å²) in [6, 6.07) is 42.4. The Bertz CT molecular complexity index is 2530. The first-order valence-electron chi connectivity index (χ1n) is 30.9. The summed E-state index contributed by atoms with van der Waals surface area (Å²) in [7, 11) is -2.98. The molecular weight excluding hydrogens is 1040 g/mol. The molecule has 0 saturated carbocycles. The topological polar surface area (TPSA) is 97.4 Å². The van der Waals surface area contributed by atoms with Gasteiger partial charge < -0.3 is 23.7 Å². The Kier molecular flexibility index (Phi) is 29.2. The third-order valence-corrected chi connectivity index (χ3v) is 24.1. The lowest BCUT2D eigenvalue weighted by Gasteiger charge is -2.27. The van der Waals surface area contributed by atoms with E-state index in [0.717, 1.165) is 41.9 Å². The van der Waals surface area contributed by atoms with Crippen LogP contribution < -0.4 is 23.7 Å². The molecule has 0 unspecified atom stereocenters. The van der Waals surface area contributed by atoms with Gasteiger partial charge in [0.2, 0.25) is 0 Å². The van der Waals surface area contributed by atoms with E-state index in [1.807, 2.05) is 36.4 Å². The third kappa shape index (κ3) is 27.0. The van der Waals surface area contributed by atoms with Crippen LogP contribution in [0, 0.1) is 0 Å². The number of ether oxygens (including phenoxy) is 5. The van der Waals surface area contributed by atoms with Crippen molar-refractivity contribution in [3.05, 3.63) is 138 Å². The molecule has 0 amide bonds. The van der Waals surface area contributed by atoms with Crippen molar-refractivity contribution < 1.29 is 38.1 Å². The van der Waals surface area contributed by atoms with E-state index in [4.69, 9.17) is 23.7 Å². The van der Waals surface area contributed by atoms with Crippen molar-refractivity contribution in [2.45, 2.75) is 218 Å². The van der Waals surface area contributed by atoms with Crippen LogP contribution >= 0.6 is 0 Å². The number of carbonyl (C=O) groups excluding carboxylic acids is 3. The molecule has 5 aromatic rings. The molecule has 0 spiro atoms. The molecule has 11 heteroatoms. The Morgan fingerprint density at radius 1 is 0.325 bits per heavy atom. The van der Waals surface area contributed by atoms with Crippen LogP contribution in [0.1, 0.15) is 173 Å². The van der Waals surface area contributed by atoms with Crippen LogP contribution in [-0.2, 0) is 0 Å². The first-order valence-corrected chi connectivity index (χ1v) is 41.4. The second-order valence-electron chi connectivity index (χ2n) is 25.2. The molecule has 0 radical (unpaired) electrons. The second kappa shape index (κ2) is 35.6. The van der Waals surface area contributed by atoms with Crippen LogP contribution in [-0.4, -0.2) is 55.3 Å². The maximum Gasteiger partial charge on any atom is 0.343 e. The van der Waals surface area contributed by atoms with Crippen molar-refractivity contribution in [2.24, 2.45) is 0 Å². The van der Waals surface area contributed by atoms with Gasteiger partial charge in [0.05, 0.1) is 29.9 Å². The molecule has 8 nitrogen and oxygen atoms in total. The molecule has 0 aromatic heterocycles. The fraction of sp³-hybridized carbons (Fsp3) is 0.522. The van der Waals surface area contributed by atoms with Gasteiger partial charge in [0.1, 0.15) is 28.7 Å². The summed E-state index contributed by atoms with van der Waals surface area (Å²) >= 11 is 0. The average molecular weight is 1140 g/mol. The first kappa shape index (κ1) is 65.6. The maximum atomic E-state index is 13.1. The van der Waals surface area contributed by atoms with Gasteiger partial charge in [-0.25, -0.2) is 14.4 Å². The van der Waals surface area contributed by atoms with Crippen LogP contribution in [0.15, 0.2) is 121 Å². The highest BCUT2D eigenvalue weighted by Gasteiger charge is 2.25. The van der Waals surface area contributed by atoms with E-state index in [1.54, 1.807) is 84.9 Å². The number of esters is 3. The average Bonchev–Trinajstić information content (AvgIpc) is 3.43. The van der Waals surface area contributed by atoms with Crippen molar-refractivity contribution in [1.29, 1.82) is 0 Å². The summed E-state index contributed by atoms with van der Waals surface area (Å²) in [5.74, 6) is 1.06. The Morgan fingerprint density at radius 3 is 1.07 bits per heavy atom. The van der Waals surface area contributed by atoms with E-state index in [1.165, 1.54) is 146 Å². The number of rotatable bonds is 40. The molecule has 5 aromatic carbocycles. The lowest BCUT2D eigenvalue weighted by Crippen LogP contribution is -2.29. The summed E-state index contributed by atoms with van der Waals surface area (Å²) in [5.41, 5.74) is 2.82. The standard InChI is InChI=1S/C69H100O8Si3/c1-9-10-11-12-13-14-16-19-22-25-49-73-63-43-37-59(38-44-63)68(71)76-65-47-39-60(40-48-65)69(72)77-66-32-28-31-61(56-66)57-33-45-64(46-34-57)75-67(70)58-35-41-62(42-36-58)74-50-26-23-20-17-15-18-21-24-27-52-79(5,6)54-30-55-80(7,8)53-29-51-78(2,3)4/h28,31-48,56H,9-27,29-30,49-55H2,1-8H3. The van der Waals surface area contributed by atoms with Gasteiger partial charge >= 0.3 is 17.9 Å². The summed E-state index contributed by atoms with van der Waals surface area (Å²) in [6.07, 6.45) is 27.4. The molecule has 0 aliphatic rings. The van der Waals surface area contributed by atoms with Crippen molar-refractivity contribution in [2.75, 3.05) is 13.2 Å². The third-order valence-electron chi connectivity index (χ3n) is 15.4. The summed E-state index contributed by atoms with van der Waals surface area (Å²) < 4.78 is 28.9. The minimum atomic E-state index is -1.06. The van der Waals surface area contributed by atoms with Crippen LogP contribution in [0.5, 0.6) is 28.7 Å². The Morgan fingerprint density at radius 2 is 0.662 bits per heavy atom. The number of hydrogen-bond donors (Lipinski definition) is 0. The molecule has 436 valence electrons.